The van der Waals surface area contributed by atoms with Crippen LogP contribution in [0.5, 0.6) is 0 Å². The zero-order chi connectivity index (χ0) is 23.9. The molecule has 0 aliphatic rings. The predicted molar refractivity (Wildman–Crippen MR) is 140 cm³/mol. The van der Waals surface area contributed by atoms with E-state index in [1.807, 2.05) is 67.6 Å². The first-order valence-electron chi connectivity index (χ1n) is 11.2. The minimum absolute atomic E-state index is 0.0438. The first-order valence-corrected chi connectivity index (χ1v) is 12.3. The second-order valence-corrected chi connectivity index (χ2v) is 9.16. The third-order valence-electron chi connectivity index (χ3n) is 5.42. The van der Waals surface area contributed by atoms with Crippen molar-refractivity contribution in [2.24, 2.45) is 0 Å². The number of amides is 2. The standard InChI is InChI=1S/C25H26BrClN6O/c1-17(18-9-3-2-4-10-18)31-25(34)29-14-8-7-13-28-23-15-22(19-11-5-6-12-21(19)27)32-24-20(26)16-30-33(23)24/h2-6,9-12,15-17,28H,7-8,13-14H2,1H3,(H2,29,31,34)/t17-/m0/s1. The van der Waals surface area contributed by atoms with Crippen LogP contribution in [0.4, 0.5) is 10.6 Å². The van der Waals surface area contributed by atoms with Gasteiger partial charge >= 0.3 is 6.03 Å². The van der Waals surface area contributed by atoms with E-state index in [2.05, 4.69) is 37.0 Å². The van der Waals surface area contributed by atoms with Crippen LogP contribution in [0.25, 0.3) is 16.9 Å². The van der Waals surface area contributed by atoms with Crippen molar-refractivity contribution in [3.63, 3.8) is 0 Å². The predicted octanol–water partition coefficient (Wildman–Crippen LogP) is 6.06. The minimum atomic E-state index is -0.161. The molecular weight excluding hydrogens is 516 g/mol. The number of aromatic nitrogens is 3. The molecule has 0 radical (unpaired) electrons. The van der Waals surface area contributed by atoms with Crippen LogP contribution < -0.4 is 16.0 Å². The Labute approximate surface area is 212 Å². The molecule has 0 bridgehead atoms. The molecule has 2 amide bonds. The summed E-state index contributed by atoms with van der Waals surface area (Å²) < 4.78 is 2.57. The molecule has 2 heterocycles. The highest BCUT2D eigenvalue weighted by Crippen LogP contribution is 2.30. The molecule has 7 nitrogen and oxygen atoms in total. The van der Waals surface area contributed by atoms with E-state index in [4.69, 9.17) is 16.6 Å². The highest BCUT2D eigenvalue weighted by Gasteiger charge is 2.13. The van der Waals surface area contributed by atoms with Crippen LogP contribution >= 0.6 is 27.5 Å². The average Bonchev–Trinajstić information content (AvgIpc) is 3.22. The van der Waals surface area contributed by atoms with E-state index in [1.165, 1.54) is 0 Å². The molecule has 4 aromatic rings. The fourth-order valence-electron chi connectivity index (χ4n) is 3.61. The van der Waals surface area contributed by atoms with Crippen LogP contribution in [0.1, 0.15) is 31.4 Å². The summed E-state index contributed by atoms with van der Waals surface area (Å²) >= 11 is 9.92. The molecule has 2 aromatic heterocycles. The highest BCUT2D eigenvalue weighted by atomic mass is 79.9. The number of unbranched alkanes of at least 4 members (excludes halogenated alkanes) is 1. The first kappa shape index (κ1) is 24.0. The molecule has 0 aliphatic carbocycles. The molecule has 2 aromatic carbocycles. The molecule has 4 rings (SSSR count). The molecule has 9 heteroatoms. The first-order chi connectivity index (χ1) is 16.5. The summed E-state index contributed by atoms with van der Waals surface area (Å²) in [6.07, 6.45) is 3.44. The maximum atomic E-state index is 12.2. The van der Waals surface area contributed by atoms with E-state index in [9.17, 15) is 4.79 Å². The number of fused-ring (bicyclic) bond motifs is 1. The van der Waals surface area contributed by atoms with Crippen molar-refractivity contribution in [2.75, 3.05) is 18.4 Å². The summed E-state index contributed by atoms with van der Waals surface area (Å²) in [5.41, 5.74) is 3.42. The van der Waals surface area contributed by atoms with Crippen molar-refractivity contribution in [3.8, 4) is 11.3 Å². The van der Waals surface area contributed by atoms with Crippen LogP contribution in [0.2, 0.25) is 5.02 Å². The molecule has 0 fully saturated rings. The quantitative estimate of drug-likeness (QED) is 0.225. The van der Waals surface area contributed by atoms with Gasteiger partial charge in [-0.15, -0.1) is 0 Å². The Morgan fingerprint density at radius 1 is 1.09 bits per heavy atom. The van der Waals surface area contributed by atoms with Crippen molar-refractivity contribution in [2.45, 2.75) is 25.8 Å². The average molecular weight is 542 g/mol. The number of carbonyl (C=O) groups is 1. The molecule has 176 valence electrons. The number of benzene rings is 2. The minimum Gasteiger partial charge on any atom is -0.370 e. The molecule has 0 saturated heterocycles. The third kappa shape index (κ3) is 5.87. The van der Waals surface area contributed by atoms with Crippen LogP contribution in [0, 0.1) is 0 Å². The number of halogens is 2. The number of anilines is 1. The zero-order valence-electron chi connectivity index (χ0n) is 18.8. The number of rotatable bonds is 9. The van der Waals surface area contributed by atoms with Gasteiger partial charge in [-0.25, -0.2) is 9.78 Å². The molecule has 0 saturated carbocycles. The molecule has 0 spiro atoms. The van der Waals surface area contributed by atoms with E-state index in [-0.39, 0.29) is 12.1 Å². The second-order valence-electron chi connectivity index (χ2n) is 7.90. The van der Waals surface area contributed by atoms with Gasteiger partial charge in [-0.1, -0.05) is 60.1 Å². The largest absolute Gasteiger partial charge is 0.370 e. The molecule has 1 atom stereocenters. The van der Waals surface area contributed by atoms with Gasteiger partial charge in [0.15, 0.2) is 5.65 Å². The highest BCUT2D eigenvalue weighted by molar-refractivity contribution is 9.10. The third-order valence-corrected chi connectivity index (χ3v) is 6.31. The van der Waals surface area contributed by atoms with Gasteiger partial charge in [0, 0.05) is 29.7 Å². The lowest BCUT2D eigenvalue weighted by atomic mass is 10.1. The van der Waals surface area contributed by atoms with Gasteiger partial charge in [-0.3, -0.25) is 0 Å². The summed E-state index contributed by atoms with van der Waals surface area (Å²) in [7, 11) is 0. The van der Waals surface area contributed by atoms with Gasteiger partial charge in [0.05, 0.1) is 22.4 Å². The monoisotopic (exact) mass is 540 g/mol. The van der Waals surface area contributed by atoms with E-state index in [0.29, 0.717) is 17.2 Å². The lowest BCUT2D eigenvalue weighted by molar-refractivity contribution is 0.237. The van der Waals surface area contributed by atoms with E-state index in [0.717, 1.165) is 46.5 Å². The smallest absolute Gasteiger partial charge is 0.315 e. The number of nitrogens with zero attached hydrogens (tertiary/aromatic N) is 3. The van der Waals surface area contributed by atoms with E-state index in [1.54, 1.807) is 10.7 Å². The lowest BCUT2D eigenvalue weighted by Gasteiger charge is -2.15. The second kappa shape index (κ2) is 11.4. The van der Waals surface area contributed by atoms with E-state index >= 15 is 0 Å². The van der Waals surface area contributed by atoms with Gasteiger partial charge < -0.3 is 16.0 Å². The molecule has 3 N–H and O–H groups in total. The fourth-order valence-corrected chi connectivity index (χ4v) is 4.19. The Balaban J connectivity index is 1.29. The Morgan fingerprint density at radius 2 is 1.82 bits per heavy atom. The van der Waals surface area contributed by atoms with Gasteiger partial charge in [-0.05, 0) is 47.3 Å². The SMILES string of the molecule is C[C@H](NC(=O)NCCCCNc1cc(-c2ccccc2Cl)nc2c(Br)cnn12)c1ccccc1. The number of urea groups is 1. The summed E-state index contributed by atoms with van der Waals surface area (Å²) in [5.74, 6) is 0.827. The number of hydrogen-bond acceptors (Lipinski definition) is 4. The summed E-state index contributed by atoms with van der Waals surface area (Å²) in [5, 5.41) is 14.4. The zero-order valence-corrected chi connectivity index (χ0v) is 21.1. The van der Waals surface area contributed by atoms with Crippen LogP contribution in [0.3, 0.4) is 0 Å². The molecule has 34 heavy (non-hydrogen) atoms. The van der Waals surface area contributed by atoms with Crippen molar-refractivity contribution in [1.29, 1.82) is 0 Å². The van der Waals surface area contributed by atoms with Gasteiger partial charge in [0.25, 0.3) is 0 Å². The number of nitrogens with one attached hydrogen (secondary N) is 3. The maximum absolute atomic E-state index is 12.2. The van der Waals surface area contributed by atoms with Gasteiger partial charge in [0.2, 0.25) is 0 Å². The van der Waals surface area contributed by atoms with Crippen molar-refractivity contribution >= 4 is 45.0 Å². The maximum Gasteiger partial charge on any atom is 0.315 e. The van der Waals surface area contributed by atoms with Crippen LogP contribution in [0.15, 0.2) is 71.3 Å². The number of carbonyl (C=O) groups excluding carboxylic acids is 1. The van der Waals surface area contributed by atoms with Crippen molar-refractivity contribution in [1.82, 2.24) is 25.2 Å². The number of hydrogen-bond donors (Lipinski definition) is 3. The van der Waals surface area contributed by atoms with Crippen LogP contribution in [-0.2, 0) is 0 Å². The topological polar surface area (TPSA) is 83.4 Å². The Bertz CT molecular complexity index is 1260. The van der Waals surface area contributed by atoms with Gasteiger partial charge in [0.1, 0.15) is 5.82 Å². The fraction of sp³-hybridized carbons (Fsp3) is 0.240. The van der Waals surface area contributed by atoms with Gasteiger partial charge in [-0.2, -0.15) is 9.61 Å². The van der Waals surface area contributed by atoms with Crippen molar-refractivity contribution < 1.29 is 4.79 Å². The van der Waals surface area contributed by atoms with Crippen LogP contribution in [-0.4, -0.2) is 33.7 Å². The summed E-state index contributed by atoms with van der Waals surface area (Å²) in [4.78, 5) is 16.9. The molecular formula is C25H26BrClN6O. The summed E-state index contributed by atoms with van der Waals surface area (Å²) in [6, 6.07) is 19.3. The molecule has 0 unspecified atom stereocenters. The lowest BCUT2D eigenvalue weighted by Crippen LogP contribution is -2.37. The van der Waals surface area contributed by atoms with E-state index < -0.39 is 0 Å². The van der Waals surface area contributed by atoms with Crippen molar-refractivity contribution in [3.05, 3.63) is 81.9 Å². The Morgan fingerprint density at radius 3 is 2.62 bits per heavy atom. The Kier molecular flexibility index (Phi) is 8.03. The Hall–Kier alpha value is -3.10. The molecule has 0 aliphatic heterocycles. The summed E-state index contributed by atoms with van der Waals surface area (Å²) in [6.45, 7) is 3.29. The normalized spacial score (nSPS) is 11.9.